The predicted octanol–water partition coefficient (Wildman–Crippen LogP) is 9.23. The molecule has 0 spiro atoms. The maximum Gasteiger partial charge on any atom is 0.410 e. The second kappa shape index (κ2) is 22.5. The molecule has 0 saturated carbocycles. The van der Waals surface area contributed by atoms with Gasteiger partial charge in [0.2, 0.25) is 0 Å². The Morgan fingerprint density at radius 1 is 0.710 bits per heavy atom. The van der Waals surface area contributed by atoms with Gasteiger partial charge in [0.25, 0.3) is 11.8 Å². The molecule has 16 heteroatoms. The number of aliphatic imine (C=N–C) groups is 2. The molecule has 3 N–H and O–H groups in total. The molecule has 4 aliphatic rings. The van der Waals surface area contributed by atoms with Gasteiger partial charge in [0.15, 0.2) is 0 Å². The molecule has 0 bridgehead atoms. The Hall–Kier alpha value is -6.81. The van der Waals surface area contributed by atoms with Crippen LogP contribution in [-0.4, -0.2) is 103 Å². The summed E-state index contributed by atoms with van der Waals surface area (Å²) in [5.74, 6) is -0.462. The van der Waals surface area contributed by atoms with Crippen LogP contribution >= 0.6 is 0 Å². The summed E-state index contributed by atoms with van der Waals surface area (Å²) >= 11 is 0. The topological polar surface area (TPSA) is 157 Å². The Morgan fingerprint density at radius 2 is 1.16 bits per heavy atom. The summed E-state index contributed by atoms with van der Waals surface area (Å²) < 4.78 is 35.3. The highest BCUT2D eigenvalue weighted by atomic mass is 19.1. The molecular formula is C53H64F2N10O4. The van der Waals surface area contributed by atoms with Gasteiger partial charge in [-0.1, -0.05) is 24.3 Å². The van der Waals surface area contributed by atoms with E-state index in [0.29, 0.717) is 72.6 Å². The highest BCUT2D eigenvalue weighted by Gasteiger charge is 2.29. The highest BCUT2D eigenvalue weighted by molar-refractivity contribution is 6.45. The van der Waals surface area contributed by atoms with E-state index in [0.717, 1.165) is 79.2 Å². The zero-order valence-corrected chi connectivity index (χ0v) is 40.7. The molecule has 364 valence electrons. The van der Waals surface area contributed by atoms with Gasteiger partial charge >= 0.3 is 6.09 Å². The van der Waals surface area contributed by atoms with Crippen molar-refractivity contribution >= 4 is 63.5 Å². The van der Waals surface area contributed by atoms with Crippen molar-refractivity contribution in [1.29, 1.82) is 0 Å². The lowest BCUT2D eigenvalue weighted by atomic mass is 9.95. The molecule has 0 unspecified atom stereocenters. The number of hydrogen-bond acceptors (Lipinski definition) is 11. The third kappa shape index (κ3) is 13.3. The minimum Gasteiger partial charge on any atom is -0.444 e. The molecule has 4 aliphatic heterocycles. The Labute approximate surface area is 404 Å². The smallest absolute Gasteiger partial charge is 0.410 e. The lowest BCUT2D eigenvalue weighted by molar-refractivity contribution is -0.111. The summed E-state index contributed by atoms with van der Waals surface area (Å²) in [5, 5.41) is 9.01. The van der Waals surface area contributed by atoms with Crippen molar-refractivity contribution in [3.05, 3.63) is 119 Å². The van der Waals surface area contributed by atoms with E-state index in [1.807, 2.05) is 87.9 Å². The van der Waals surface area contributed by atoms with Crippen molar-refractivity contribution in [2.45, 2.75) is 78.7 Å². The zero-order chi connectivity index (χ0) is 49.2. The van der Waals surface area contributed by atoms with Crippen LogP contribution in [0.4, 0.5) is 36.3 Å². The number of carbonyl (C=O) groups is 3. The van der Waals surface area contributed by atoms with Crippen LogP contribution in [0.3, 0.4) is 0 Å². The number of benzene rings is 2. The third-order valence-corrected chi connectivity index (χ3v) is 12.5. The molecule has 14 nitrogen and oxygen atoms in total. The number of aromatic nitrogens is 2. The van der Waals surface area contributed by atoms with Crippen molar-refractivity contribution in [2.75, 3.05) is 73.8 Å². The highest BCUT2D eigenvalue weighted by Crippen LogP contribution is 2.35. The van der Waals surface area contributed by atoms with Crippen LogP contribution in [0, 0.1) is 37.3 Å². The molecule has 69 heavy (non-hydrogen) atoms. The van der Waals surface area contributed by atoms with Gasteiger partial charge < -0.3 is 35.4 Å². The number of nitrogens with one attached hydrogen (secondary N) is 3. The van der Waals surface area contributed by atoms with Gasteiger partial charge in [-0.05, 0) is 134 Å². The fraction of sp³-hybridized carbons (Fsp3) is 0.415. The van der Waals surface area contributed by atoms with Crippen LogP contribution in [0.1, 0.15) is 81.8 Å². The van der Waals surface area contributed by atoms with E-state index in [-0.39, 0.29) is 35.5 Å². The van der Waals surface area contributed by atoms with Crippen molar-refractivity contribution in [3.8, 4) is 0 Å². The Balaban J connectivity index is 0.000000208. The molecule has 0 atom stereocenters. The average molecular weight is 943 g/mol. The minimum atomic E-state index is -0.542. The average Bonchev–Trinajstić information content (AvgIpc) is 4.02. The number of piperidine rings is 2. The predicted molar refractivity (Wildman–Crippen MR) is 271 cm³/mol. The summed E-state index contributed by atoms with van der Waals surface area (Å²) in [5.41, 5.74) is 7.16. The van der Waals surface area contributed by atoms with Crippen LogP contribution in [0.5, 0.6) is 0 Å². The molecule has 2 saturated heterocycles. The van der Waals surface area contributed by atoms with Crippen LogP contribution in [0.15, 0.2) is 95.2 Å². The van der Waals surface area contributed by atoms with Crippen LogP contribution in [-0.2, 0) is 14.3 Å². The summed E-state index contributed by atoms with van der Waals surface area (Å²) in [6.07, 6.45) is 11.4. The Kier molecular flexibility index (Phi) is 16.4. The van der Waals surface area contributed by atoms with Gasteiger partial charge in [-0.25, -0.2) is 23.6 Å². The van der Waals surface area contributed by atoms with Gasteiger partial charge in [-0.15, -0.1) is 0 Å². The second-order valence-electron chi connectivity index (χ2n) is 19.0. The Morgan fingerprint density at radius 3 is 1.58 bits per heavy atom. The van der Waals surface area contributed by atoms with Crippen molar-refractivity contribution < 1.29 is 27.9 Å². The number of rotatable bonds is 12. The number of pyridine rings is 2. The van der Waals surface area contributed by atoms with E-state index >= 15 is 4.39 Å². The summed E-state index contributed by atoms with van der Waals surface area (Å²) in [6, 6.07) is 17.2. The van der Waals surface area contributed by atoms with E-state index in [2.05, 4.69) is 35.9 Å². The first kappa shape index (κ1) is 50.1. The maximum absolute atomic E-state index is 15.0. The number of amides is 3. The first-order valence-corrected chi connectivity index (χ1v) is 23.7. The number of nitrogens with zero attached hydrogens (tertiary/aromatic N) is 7. The molecule has 2 aromatic carbocycles. The number of allylic oxidation sites excluding steroid dienone is 2. The maximum atomic E-state index is 15.0. The largest absolute Gasteiger partial charge is 0.444 e. The number of hydrogen-bond donors (Lipinski definition) is 3. The number of halogens is 2. The third-order valence-electron chi connectivity index (χ3n) is 12.5. The normalized spacial score (nSPS) is 16.4. The van der Waals surface area contributed by atoms with E-state index in [9.17, 15) is 18.8 Å². The van der Waals surface area contributed by atoms with E-state index < -0.39 is 5.60 Å². The van der Waals surface area contributed by atoms with Crippen molar-refractivity contribution in [3.63, 3.8) is 0 Å². The van der Waals surface area contributed by atoms with Crippen LogP contribution in [0.25, 0.3) is 11.4 Å². The van der Waals surface area contributed by atoms with E-state index in [4.69, 9.17) is 4.74 Å². The summed E-state index contributed by atoms with van der Waals surface area (Å²) in [7, 11) is 3.70. The fourth-order valence-electron chi connectivity index (χ4n) is 8.98. The molecule has 2 fully saturated rings. The molecule has 3 amide bonds. The van der Waals surface area contributed by atoms with Gasteiger partial charge in [0, 0.05) is 87.5 Å². The van der Waals surface area contributed by atoms with Gasteiger partial charge in [-0.3, -0.25) is 19.6 Å². The van der Waals surface area contributed by atoms with Gasteiger partial charge in [0.05, 0.1) is 34.1 Å². The molecular weight excluding hydrogens is 879 g/mol. The summed E-state index contributed by atoms with van der Waals surface area (Å²) in [4.78, 5) is 61.3. The quantitative estimate of drug-likeness (QED) is 0.126. The fourth-order valence-corrected chi connectivity index (χ4v) is 8.98. The number of anilines is 4. The number of ether oxygens (including phenoxy) is 1. The first-order valence-electron chi connectivity index (χ1n) is 23.7. The van der Waals surface area contributed by atoms with E-state index in [1.165, 1.54) is 12.1 Å². The molecule has 0 radical (unpaired) electrons. The summed E-state index contributed by atoms with van der Waals surface area (Å²) in [6.45, 7) is 13.7. The lowest BCUT2D eigenvalue weighted by Gasteiger charge is -2.36. The SMILES string of the molecule is CNCC1CCN(c2c(F)cccc2NC(=O)C2=NC(c3ccnc(C)c3)=CC2)CC1.Cc1cc(C2=CCC(C(=O)Nc3cccc(F)c3N3CCC(CN(C)C(=O)OC(C)(C)C)CC3)=N2)ccn1. The van der Waals surface area contributed by atoms with Gasteiger partial charge in [0.1, 0.15) is 28.7 Å². The molecule has 6 heterocycles. The van der Waals surface area contributed by atoms with Crippen molar-refractivity contribution in [2.24, 2.45) is 21.8 Å². The number of para-hydroxylation sites is 2. The molecule has 4 aromatic rings. The molecule has 8 rings (SSSR count). The van der Waals surface area contributed by atoms with E-state index in [1.54, 1.807) is 48.6 Å². The first-order chi connectivity index (χ1) is 33.0. The van der Waals surface area contributed by atoms with Crippen LogP contribution in [0.2, 0.25) is 0 Å². The Bertz CT molecular complexity index is 2640. The van der Waals surface area contributed by atoms with Crippen molar-refractivity contribution in [1.82, 2.24) is 20.2 Å². The minimum absolute atomic E-state index is 0.280. The van der Waals surface area contributed by atoms with Crippen LogP contribution < -0.4 is 25.8 Å². The second-order valence-corrected chi connectivity index (χ2v) is 19.0. The zero-order valence-electron chi connectivity index (χ0n) is 40.7. The number of aryl methyl sites for hydroxylation is 2. The number of carbonyl (C=O) groups excluding carboxylic acids is 3. The standard InChI is InChI=1S/C29H36FN5O3.C24H28FN5O/c1-19-17-21(11-14-31-19)23-9-10-25(32-23)27(36)33-24-8-6-7-22(30)26(24)35-15-12-20(13-16-35)18-34(5)28(37)38-29(2,3)4;1-16-14-18(8-11-27-16)20-6-7-22(28-20)24(31)29-21-5-3-4-19(25)23(21)30-12-9-17(10-13-30)15-26-2/h6-9,11,14,17,20H,10,12-13,15-16,18H2,1-5H3,(H,33,36);3-6,8,11,14,17,26H,7,9-10,12-13,15H2,1-2H3,(H,29,31). The lowest BCUT2D eigenvalue weighted by Crippen LogP contribution is -2.41. The van der Waals surface area contributed by atoms with Gasteiger partial charge in [-0.2, -0.15) is 0 Å². The molecule has 0 aliphatic carbocycles. The molecule has 2 aromatic heterocycles. The monoisotopic (exact) mass is 943 g/mol.